The highest BCUT2D eigenvalue weighted by Crippen LogP contribution is 2.22. The lowest BCUT2D eigenvalue weighted by Crippen LogP contribution is -2.37. The SMILES string of the molecule is Clc1ccc2ncc(-c3cnn(CCCN4CCOCC4)c3)cc2n1. The molecule has 0 bridgehead atoms. The van der Waals surface area contributed by atoms with Gasteiger partial charge in [0.25, 0.3) is 0 Å². The summed E-state index contributed by atoms with van der Waals surface area (Å²) in [5, 5.41) is 4.95. The summed E-state index contributed by atoms with van der Waals surface area (Å²) in [5.41, 5.74) is 3.68. The summed E-state index contributed by atoms with van der Waals surface area (Å²) in [4.78, 5) is 11.2. The van der Waals surface area contributed by atoms with Crippen LogP contribution in [-0.2, 0) is 11.3 Å². The molecule has 0 aliphatic carbocycles. The van der Waals surface area contributed by atoms with Crippen LogP contribution in [0.2, 0.25) is 5.15 Å². The zero-order valence-electron chi connectivity index (χ0n) is 13.9. The van der Waals surface area contributed by atoms with Gasteiger partial charge in [0, 0.05) is 49.7 Å². The van der Waals surface area contributed by atoms with Gasteiger partial charge in [-0.05, 0) is 24.6 Å². The highest BCUT2D eigenvalue weighted by Gasteiger charge is 2.10. The summed E-state index contributed by atoms with van der Waals surface area (Å²) in [5.74, 6) is 0. The third-order valence-corrected chi connectivity index (χ3v) is 4.65. The Balaban J connectivity index is 1.42. The number of fused-ring (bicyclic) bond motifs is 1. The Morgan fingerprint density at radius 3 is 2.80 bits per heavy atom. The van der Waals surface area contributed by atoms with Crippen LogP contribution in [0.15, 0.2) is 36.8 Å². The third-order valence-electron chi connectivity index (χ3n) is 4.44. The Labute approximate surface area is 151 Å². The van der Waals surface area contributed by atoms with Crippen LogP contribution in [0.25, 0.3) is 22.2 Å². The Bertz CT molecular complexity index is 860. The molecule has 4 heterocycles. The largest absolute Gasteiger partial charge is 0.379 e. The van der Waals surface area contributed by atoms with Crippen molar-refractivity contribution in [3.63, 3.8) is 0 Å². The number of morpholine rings is 1. The summed E-state index contributed by atoms with van der Waals surface area (Å²) in [6, 6.07) is 5.63. The monoisotopic (exact) mass is 357 g/mol. The van der Waals surface area contributed by atoms with Gasteiger partial charge in [-0.1, -0.05) is 11.6 Å². The van der Waals surface area contributed by atoms with E-state index in [0.717, 1.165) is 68.0 Å². The number of rotatable bonds is 5. The minimum Gasteiger partial charge on any atom is -0.379 e. The molecule has 0 amide bonds. The molecule has 1 fully saturated rings. The van der Waals surface area contributed by atoms with Gasteiger partial charge in [-0.15, -0.1) is 0 Å². The Kier molecular flexibility index (Phi) is 4.92. The van der Waals surface area contributed by atoms with Crippen molar-refractivity contribution < 1.29 is 4.74 Å². The van der Waals surface area contributed by atoms with Crippen LogP contribution in [0.1, 0.15) is 6.42 Å². The molecule has 1 saturated heterocycles. The predicted molar refractivity (Wildman–Crippen MR) is 97.6 cm³/mol. The van der Waals surface area contributed by atoms with Crippen LogP contribution in [0.3, 0.4) is 0 Å². The number of nitrogens with zero attached hydrogens (tertiary/aromatic N) is 5. The van der Waals surface area contributed by atoms with Gasteiger partial charge >= 0.3 is 0 Å². The maximum atomic E-state index is 5.98. The third kappa shape index (κ3) is 3.98. The average Bonchev–Trinajstić information content (AvgIpc) is 3.11. The lowest BCUT2D eigenvalue weighted by molar-refractivity contribution is 0.0368. The summed E-state index contributed by atoms with van der Waals surface area (Å²) in [6.45, 7) is 5.74. The summed E-state index contributed by atoms with van der Waals surface area (Å²) in [6.07, 6.45) is 6.87. The number of aromatic nitrogens is 4. The number of pyridine rings is 2. The van der Waals surface area contributed by atoms with Crippen molar-refractivity contribution in [2.45, 2.75) is 13.0 Å². The second kappa shape index (κ2) is 7.47. The number of hydrogen-bond acceptors (Lipinski definition) is 5. The van der Waals surface area contributed by atoms with Crippen LogP contribution < -0.4 is 0 Å². The first-order valence-corrected chi connectivity index (χ1v) is 8.91. The predicted octanol–water partition coefficient (Wildman–Crippen LogP) is 2.87. The molecule has 25 heavy (non-hydrogen) atoms. The normalized spacial score (nSPS) is 15.7. The van der Waals surface area contributed by atoms with E-state index in [1.165, 1.54) is 0 Å². The van der Waals surface area contributed by atoms with E-state index < -0.39 is 0 Å². The van der Waals surface area contributed by atoms with E-state index in [9.17, 15) is 0 Å². The van der Waals surface area contributed by atoms with E-state index in [-0.39, 0.29) is 0 Å². The second-order valence-electron chi connectivity index (χ2n) is 6.20. The number of ether oxygens (including phenoxy) is 1. The van der Waals surface area contributed by atoms with Crippen molar-refractivity contribution in [2.24, 2.45) is 0 Å². The first-order valence-electron chi connectivity index (χ1n) is 8.53. The van der Waals surface area contributed by atoms with Crippen molar-refractivity contribution >= 4 is 22.6 Å². The first kappa shape index (κ1) is 16.4. The Hall–Kier alpha value is -2.02. The van der Waals surface area contributed by atoms with Gasteiger partial charge < -0.3 is 4.74 Å². The highest BCUT2D eigenvalue weighted by molar-refractivity contribution is 6.29. The lowest BCUT2D eigenvalue weighted by Gasteiger charge is -2.26. The molecule has 0 aromatic carbocycles. The van der Waals surface area contributed by atoms with Gasteiger partial charge in [-0.3, -0.25) is 14.6 Å². The fraction of sp³-hybridized carbons (Fsp3) is 0.389. The minimum absolute atomic E-state index is 0.477. The smallest absolute Gasteiger partial charge is 0.129 e. The zero-order valence-corrected chi connectivity index (χ0v) is 14.7. The summed E-state index contributed by atoms with van der Waals surface area (Å²) < 4.78 is 7.37. The van der Waals surface area contributed by atoms with Gasteiger partial charge in [0.15, 0.2) is 0 Å². The maximum absolute atomic E-state index is 5.98. The number of halogens is 1. The molecular weight excluding hydrogens is 338 g/mol. The van der Waals surface area contributed by atoms with E-state index in [1.54, 1.807) is 6.07 Å². The molecule has 1 aliphatic rings. The second-order valence-corrected chi connectivity index (χ2v) is 6.58. The van der Waals surface area contributed by atoms with Gasteiger partial charge in [-0.2, -0.15) is 5.10 Å². The first-order chi connectivity index (χ1) is 12.3. The lowest BCUT2D eigenvalue weighted by atomic mass is 10.1. The average molecular weight is 358 g/mol. The fourth-order valence-electron chi connectivity index (χ4n) is 3.06. The van der Waals surface area contributed by atoms with Crippen molar-refractivity contribution in [1.29, 1.82) is 0 Å². The van der Waals surface area contributed by atoms with Crippen molar-refractivity contribution in [2.75, 3.05) is 32.8 Å². The topological polar surface area (TPSA) is 56.1 Å². The molecule has 4 rings (SSSR count). The van der Waals surface area contributed by atoms with Gasteiger partial charge in [0.2, 0.25) is 0 Å². The molecule has 7 heteroatoms. The van der Waals surface area contributed by atoms with Crippen molar-refractivity contribution in [1.82, 2.24) is 24.6 Å². The van der Waals surface area contributed by atoms with Crippen LogP contribution in [0.5, 0.6) is 0 Å². The highest BCUT2D eigenvalue weighted by atomic mass is 35.5. The Morgan fingerprint density at radius 2 is 1.92 bits per heavy atom. The molecular formula is C18H20ClN5O. The summed E-state index contributed by atoms with van der Waals surface area (Å²) >= 11 is 5.98. The van der Waals surface area contributed by atoms with Crippen LogP contribution in [0.4, 0.5) is 0 Å². The van der Waals surface area contributed by atoms with E-state index in [1.807, 2.05) is 29.2 Å². The van der Waals surface area contributed by atoms with Crippen molar-refractivity contribution in [3.05, 3.63) is 41.9 Å². The van der Waals surface area contributed by atoms with E-state index in [2.05, 4.69) is 26.2 Å². The standard InChI is InChI=1S/C18H20ClN5O/c19-18-3-2-16-17(22-18)10-14(11-20-16)15-12-21-24(13-15)5-1-4-23-6-8-25-9-7-23/h2-3,10-13H,1,4-9H2. The molecule has 0 spiro atoms. The number of aryl methyl sites for hydroxylation is 1. The molecule has 0 saturated carbocycles. The number of hydrogen-bond donors (Lipinski definition) is 0. The molecule has 0 radical (unpaired) electrons. The molecule has 6 nitrogen and oxygen atoms in total. The molecule has 0 unspecified atom stereocenters. The van der Waals surface area contributed by atoms with Gasteiger partial charge in [0.1, 0.15) is 5.15 Å². The maximum Gasteiger partial charge on any atom is 0.129 e. The van der Waals surface area contributed by atoms with E-state index in [0.29, 0.717) is 5.15 Å². The molecule has 0 atom stereocenters. The van der Waals surface area contributed by atoms with Crippen LogP contribution >= 0.6 is 11.6 Å². The van der Waals surface area contributed by atoms with E-state index in [4.69, 9.17) is 16.3 Å². The molecule has 3 aromatic rings. The summed E-state index contributed by atoms with van der Waals surface area (Å²) in [7, 11) is 0. The Morgan fingerprint density at radius 1 is 1.04 bits per heavy atom. The van der Waals surface area contributed by atoms with Crippen LogP contribution in [0, 0.1) is 0 Å². The molecule has 0 N–H and O–H groups in total. The van der Waals surface area contributed by atoms with Crippen LogP contribution in [-0.4, -0.2) is 57.5 Å². The fourth-order valence-corrected chi connectivity index (χ4v) is 3.21. The zero-order chi connectivity index (χ0) is 17.1. The minimum atomic E-state index is 0.477. The molecule has 130 valence electrons. The van der Waals surface area contributed by atoms with Gasteiger partial charge in [-0.25, -0.2) is 4.98 Å². The van der Waals surface area contributed by atoms with E-state index >= 15 is 0 Å². The molecule has 1 aliphatic heterocycles. The van der Waals surface area contributed by atoms with Crippen molar-refractivity contribution in [3.8, 4) is 11.1 Å². The molecule has 3 aromatic heterocycles. The quantitative estimate of drug-likeness (QED) is 0.657. The van der Waals surface area contributed by atoms with Gasteiger partial charge in [0.05, 0.1) is 30.4 Å².